The van der Waals surface area contributed by atoms with Crippen LogP contribution >= 0.6 is 23.2 Å². The van der Waals surface area contributed by atoms with E-state index in [1.807, 2.05) is 0 Å². The first kappa shape index (κ1) is 14.0. The predicted octanol–water partition coefficient (Wildman–Crippen LogP) is 1.84. The van der Waals surface area contributed by atoms with Crippen molar-refractivity contribution in [2.75, 3.05) is 18.5 Å². The Morgan fingerprint density at radius 2 is 2.21 bits per heavy atom. The van der Waals surface area contributed by atoms with Gasteiger partial charge in [-0.15, -0.1) is 0 Å². The van der Waals surface area contributed by atoms with Crippen LogP contribution in [0.2, 0.25) is 10.0 Å². The van der Waals surface area contributed by atoms with E-state index >= 15 is 0 Å². The highest BCUT2D eigenvalue weighted by atomic mass is 35.5. The number of amides is 1. The van der Waals surface area contributed by atoms with Crippen LogP contribution < -0.4 is 10.6 Å². The first-order valence-electron chi connectivity index (χ1n) is 5.71. The number of hydrogen-bond donors (Lipinski definition) is 2. The van der Waals surface area contributed by atoms with Gasteiger partial charge in [0.25, 0.3) is 0 Å². The van der Waals surface area contributed by atoms with Gasteiger partial charge < -0.3 is 15.4 Å². The van der Waals surface area contributed by atoms with Crippen LogP contribution in [0.4, 0.5) is 5.69 Å². The number of benzene rings is 1. The van der Waals surface area contributed by atoms with E-state index in [1.54, 1.807) is 18.2 Å². The molecule has 1 aliphatic rings. The van der Waals surface area contributed by atoms with Crippen LogP contribution in [0.3, 0.4) is 0 Å². The van der Waals surface area contributed by atoms with Gasteiger partial charge in [-0.05, 0) is 18.2 Å². The van der Waals surface area contributed by atoms with Gasteiger partial charge in [-0.1, -0.05) is 23.2 Å². The molecule has 1 aromatic rings. The normalized spacial score (nSPS) is 18.0. The van der Waals surface area contributed by atoms with Gasteiger partial charge in [0.05, 0.1) is 23.9 Å². The lowest BCUT2D eigenvalue weighted by Gasteiger charge is -2.11. The first-order valence-corrected chi connectivity index (χ1v) is 6.47. The highest BCUT2D eigenvalue weighted by Crippen LogP contribution is 2.24. The number of carbonyl (C=O) groups excluding carboxylic acids is 2. The third-order valence-corrected chi connectivity index (χ3v) is 3.19. The SMILES string of the molecule is O=C(CNc1ccc(Cl)cc1Cl)N[C@H]1CCOC1=O. The molecule has 102 valence electrons. The van der Waals surface area contributed by atoms with Crippen molar-refractivity contribution >= 4 is 40.8 Å². The lowest BCUT2D eigenvalue weighted by atomic mass is 10.2. The molecule has 0 spiro atoms. The molecule has 0 aromatic heterocycles. The lowest BCUT2D eigenvalue weighted by molar-refractivity contribution is -0.141. The van der Waals surface area contributed by atoms with Gasteiger partial charge in [-0.2, -0.15) is 0 Å². The monoisotopic (exact) mass is 302 g/mol. The molecule has 1 saturated heterocycles. The fourth-order valence-electron chi connectivity index (χ4n) is 1.68. The second kappa shape index (κ2) is 6.12. The molecule has 2 N–H and O–H groups in total. The maximum Gasteiger partial charge on any atom is 0.328 e. The average molecular weight is 303 g/mol. The van der Waals surface area contributed by atoms with E-state index in [2.05, 4.69) is 10.6 Å². The summed E-state index contributed by atoms with van der Waals surface area (Å²) in [6, 6.07) is 4.39. The Bertz CT molecular complexity index is 508. The van der Waals surface area contributed by atoms with Gasteiger partial charge in [0.15, 0.2) is 0 Å². The summed E-state index contributed by atoms with van der Waals surface area (Å²) >= 11 is 11.7. The van der Waals surface area contributed by atoms with Crippen LogP contribution in [0, 0.1) is 0 Å². The summed E-state index contributed by atoms with van der Waals surface area (Å²) in [6.45, 7) is 0.366. The maximum atomic E-state index is 11.6. The number of hydrogen-bond acceptors (Lipinski definition) is 4. The Morgan fingerprint density at radius 1 is 1.42 bits per heavy atom. The number of rotatable bonds is 4. The first-order chi connectivity index (χ1) is 9.06. The molecule has 2 rings (SSSR count). The summed E-state index contributed by atoms with van der Waals surface area (Å²) in [4.78, 5) is 22.8. The minimum Gasteiger partial charge on any atom is -0.464 e. The molecule has 1 fully saturated rings. The molecule has 0 saturated carbocycles. The van der Waals surface area contributed by atoms with Crippen molar-refractivity contribution < 1.29 is 14.3 Å². The van der Waals surface area contributed by atoms with Gasteiger partial charge in [-0.3, -0.25) is 4.79 Å². The minimum absolute atomic E-state index is 0.0190. The van der Waals surface area contributed by atoms with Gasteiger partial charge in [0, 0.05) is 11.4 Å². The van der Waals surface area contributed by atoms with Crippen molar-refractivity contribution in [2.24, 2.45) is 0 Å². The van der Waals surface area contributed by atoms with Crippen molar-refractivity contribution in [3.8, 4) is 0 Å². The van der Waals surface area contributed by atoms with Crippen LogP contribution in [0.5, 0.6) is 0 Å². The van der Waals surface area contributed by atoms with Gasteiger partial charge in [0.2, 0.25) is 5.91 Å². The summed E-state index contributed by atoms with van der Waals surface area (Å²) in [5.74, 6) is -0.687. The van der Waals surface area contributed by atoms with Crippen LogP contribution in [-0.4, -0.2) is 31.1 Å². The smallest absolute Gasteiger partial charge is 0.328 e. The van der Waals surface area contributed by atoms with E-state index in [4.69, 9.17) is 27.9 Å². The standard InChI is InChI=1S/C12H12Cl2N2O3/c13-7-1-2-9(8(14)5-7)15-6-11(17)16-10-3-4-19-12(10)18/h1-2,5,10,15H,3-4,6H2,(H,16,17)/t10-/m0/s1. The Hall–Kier alpha value is -1.46. The number of cyclic esters (lactones) is 1. The van der Waals surface area contributed by atoms with Crippen molar-refractivity contribution in [1.82, 2.24) is 5.32 Å². The summed E-state index contributed by atoms with van der Waals surface area (Å²) in [6.07, 6.45) is 0.506. The fourth-order valence-corrected chi connectivity index (χ4v) is 2.16. The van der Waals surface area contributed by atoms with Crippen LogP contribution in [0.15, 0.2) is 18.2 Å². The quantitative estimate of drug-likeness (QED) is 0.833. The molecule has 0 bridgehead atoms. The molecule has 1 heterocycles. The average Bonchev–Trinajstić information content (AvgIpc) is 2.74. The number of anilines is 1. The predicted molar refractivity (Wildman–Crippen MR) is 72.5 cm³/mol. The highest BCUT2D eigenvalue weighted by Gasteiger charge is 2.27. The molecular formula is C12H12Cl2N2O3. The van der Waals surface area contributed by atoms with Crippen LogP contribution in [0.25, 0.3) is 0 Å². The van der Waals surface area contributed by atoms with Crippen molar-refractivity contribution in [3.63, 3.8) is 0 Å². The second-order valence-electron chi connectivity index (χ2n) is 4.05. The topological polar surface area (TPSA) is 67.4 Å². The molecule has 0 radical (unpaired) electrons. The molecule has 0 unspecified atom stereocenters. The molecule has 0 aliphatic carbocycles. The van der Waals surface area contributed by atoms with E-state index in [0.29, 0.717) is 28.8 Å². The largest absolute Gasteiger partial charge is 0.464 e. The zero-order chi connectivity index (χ0) is 13.8. The molecular weight excluding hydrogens is 291 g/mol. The summed E-state index contributed by atoms with van der Waals surface area (Å²) in [7, 11) is 0. The lowest BCUT2D eigenvalue weighted by Crippen LogP contribution is -2.40. The molecule has 7 heteroatoms. The van der Waals surface area contributed by atoms with Crippen molar-refractivity contribution in [1.29, 1.82) is 0 Å². The summed E-state index contributed by atoms with van der Waals surface area (Å²) < 4.78 is 4.75. The highest BCUT2D eigenvalue weighted by molar-refractivity contribution is 6.36. The number of nitrogens with one attached hydrogen (secondary N) is 2. The molecule has 1 amide bonds. The Kier molecular flexibility index (Phi) is 4.50. The number of carbonyl (C=O) groups is 2. The Balaban J connectivity index is 1.84. The Labute approximate surface area is 120 Å². The minimum atomic E-state index is -0.546. The van der Waals surface area contributed by atoms with E-state index < -0.39 is 12.0 Å². The van der Waals surface area contributed by atoms with Crippen molar-refractivity contribution in [2.45, 2.75) is 12.5 Å². The van der Waals surface area contributed by atoms with Gasteiger partial charge in [0.1, 0.15) is 6.04 Å². The number of esters is 1. The third kappa shape index (κ3) is 3.75. The number of halogens is 2. The molecule has 1 aliphatic heterocycles. The third-order valence-electron chi connectivity index (χ3n) is 2.64. The molecule has 5 nitrogen and oxygen atoms in total. The zero-order valence-corrected chi connectivity index (χ0v) is 11.4. The molecule has 1 atom stereocenters. The Morgan fingerprint density at radius 3 is 2.84 bits per heavy atom. The van der Waals surface area contributed by atoms with Crippen LogP contribution in [0.1, 0.15) is 6.42 Å². The van der Waals surface area contributed by atoms with E-state index in [-0.39, 0.29) is 12.5 Å². The maximum absolute atomic E-state index is 11.6. The van der Waals surface area contributed by atoms with Gasteiger partial charge >= 0.3 is 5.97 Å². The molecule has 19 heavy (non-hydrogen) atoms. The van der Waals surface area contributed by atoms with E-state index in [0.717, 1.165) is 0 Å². The number of ether oxygens (including phenoxy) is 1. The van der Waals surface area contributed by atoms with Gasteiger partial charge in [-0.25, -0.2) is 4.79 Å². The van der Waals surface area contributed by atoms with E-state index in [9.17, 15) is 9.59 Å². The summed E-state index contributed by atoms with van der Waals surface area (Å²) in [5, 5.41) is 6.41. The van der Waals surface area contributed by atoms with E-state index in [1.165, 1.54) is 0 Å². The van der Waals surface area contributed by atoms with Crippen molar-refractivity contribution in [3.05, 3.63) is 28.2 Å². The van der Waals surface area contributed by atoms with Crippen LogP contribution in [-0.2, 0) is 14.3 Å². The molecule has 1 aromatic carbocycles. The summed E-state index contributed by atoms with van der Waals surface area (Å²) in [5.41, 5.74) is 0.607. The zero-order valence-electron chi connectivity index (χ0n) is 9.91. The fraction of sp³-hybridized carbons (Fsp3) is 0.333. The second-order valence-corrected chi connectivity index (χ2v) is 4.90.